The molecule has 2 heterocycles. The number of halogens is 1. The minimum atomic E-state index is -0.301. The highest BCUT2D eigenvalue weighted by atomic mass is 79.9. The van der Waals surface area contributed by atoms with Gasteiger partial charge in [-0.3, -0.25) is 4.79 Å². The third-order valence-electron chi connectivity index (χ3n) is 5.38. The van der Waals surface area contributed by atoms with Crippen molar-refractivity contribution in [1.29, 1.82) is 0 Å². The summed E-state index contributed by atoms with van der Waals surface area (Å²) >= 11 is 3.54. The van der Waals surface area contributed by atoms with Gasteiger partial charge in [-0.2, -0.15) is 9.78 Å². The Morgan fingerprint density at radius 2 is 1.74 bits per heavy atom. The Morgan fingerprint density at radius 3 is 2.54 bits per heavy atom. The lowest BCUT2D eigenvalue weighted by Gasteiger charge is -2.12. The molecule has 0 aliphatic carbocycles. The third kappa shape index (κ3) is 4.44. The van der Waals surface area contributed by atoms with Crippen LogP contribution in [0.2, 0.25) is 0 Å². The first-order valence-electron chi connectivity index (χ1n) is 11.2. The first-order valence-corrected chi connectivity index (χ1v) is 12.0. The molecule has 0 bridgehead atoms. The monoisotopic (exact) mass is 531 g/mol. The number of para-hydroxylation sites is 2. The maximum atomic E-state index is 13.5. The zero-order chi connectivity index (χ0) is 24.4. The van der Waals surface area contributed by atoms with E-state index >= 15 is 0 Å². The van der Waals surface area contributed by atoms with Gasteiger partial charge in [0.1, 0.15) is 17.1 Å². The molecule has 0 aliphatic rings. The fourth-order valence-corrected chi connectivity index (χ4v) is 4.28. The molecule has 0 saturated heterocycles. The maximum absolute atomic E-state index is 13.5. The summed E-state index contributed by atoms with van der Waals surface area (Å²) in [5.74, 6) is 2.02. The zero-order valence-electron chi connectivity index (χ0n) is 19.2. The lowest BCUT2D eigenvalue weighted by molar-refractivity contribution is 0.321. The average molecular weight is 532 g/mol. The minimum Gasteiger partial charge on any atom is -0.493 e. The Balaban J connectivity index is 1.69. The van der Waals surface area contributed by atoms with E-state index in [1.54, 1.807) is 30.5 Å². The highest BCUT2D eigenvalue weighted by Gasteiger charge is 2.17. The van der Waals surface area contributed by atoms with E-state index in [-0.39, 0.29) is 5.56 Å². The van der Waals surface area contributed by atoms with Crippen LogP contribution in [0, 0.1) is 0 Å². The van der Waals surface area contributed by atoms with Crippen LogP contribution in [0.5, 0.6) is 11.5 Å². The van der Waals surface area contributed by atoms with Crippen LogP contribution in [0.25, 0.3) is 33.5 Å². The predicted octanol–water partition coefficient (Wildman–Crippen LogP) is 6.25. The van der Waals surface area contributed by atoms with Gasteiger partial charge in [-0.1, -0.05) is 30.3 Å². The molecule has 2 aromatic heterocycles. The summed E-state index contributed by atoms with van der Waals surface area (Å²) < 4.78 is 19.5. The summed E-state index contributed by atoms with van der Waals surface area (Å²) in [6.45, 7) is 4.81. The van der Waals surface area contributed by atoms with Gasteiger partial charge in [-0.25, -0.2) is 4.98 Å². The van der Waals surface area contributed by atoms with E-state index in [2.05, 4.69) is 21.0 Å². The molecule has 8 heteroatoms. The Bertz CT molecular complexity index is 1590. The third-order valence-corrected chi connectivity index (χ3v) is 6.00. The summed E-state index contributed by atoms with van der Waals surface area (Å²) in [7, 11) is 0. The lowest BCUT2D eigenvalue weighted by atomic mass is 10.2. The SMILES string of the molecule is CCOc1cc(OCC)c(C=Nn2c(-c3cc4ccccc4o3)nc3ccccc3c2=O)cc1Br. The van der Waals surface area contributed by atoms with Crippen molar-refractivity contribution >= 4 is 44.0 Å². The standard InChI is InChI=1S/C27H22BrN3O4/c1-3-33-23-15-24(34-4-2)20(28)13-18(23)16-29-31-26(25-14-17-9-5-8-12-22(17)35-25)30-21-11-7-6-10-19(21)27(31)32/h5-16H,3-4H2,1-2H3. The molecule has 0 fully saturated rings. The summed E-state index contributed by atoms with van der Waals surface area (Å²) in [6, 6.07) is 20.3. The fourth-order valence-electron chi connectivity index (χ4n) is 3.80. The van der Waals surface area contributed by atoms with Crippen molar-refractivity contribution in [2.45, 2.75) is 13.8 Å². The van der Waals surface area contributed by atoms with E-state index < -0.39 is 0 Å². The number of ether oxygens (including phenoxy) is 2. The number of nitrogens with zero attached hydrogens (tertiary/aromatic N) is 3. The number of furan rings is 1. The Kier molecular flexibility index (Phi) is 6.37. The van der Waals surface area contributed by atoms with Gasteiger partial charge in [-0.15, -0.1) is 0 Å². The zero-order valence-corrected chi connectivity index (χ0v) is 20.8. The number of benzene rings is 3. The molecule has 176 valence electrons. The average Bonchev–Trinajstić information content (AvgIpc) is 3.30. The van der Waals surface area contributed by atoms with Crippen molar-refractivity contribution < 1.29 is 13.9 Å². The van der Waals surface area contributed by atoms with Gasteiger partial charge >= 0.3 is 0 Å². The molecule has 7 nitrogen and oxygen atoms in total. The molecule has 5 rings (SSSR count). The van der Waals surface area contributed by atoms with E-state index in [9.17, 15) is 4.79 Å². The molecule has 0 saturated carbocycles. The molecule has 0 spiro atoms. The molecule has 35 heavy (non-hydrogen) atoms. The molecular weight excluding hydrogens is 510 g/mol. The van der Waals surface area contributed by atoms with Gasteiger partial charge in [-0.05, 0) is 60.1 Å². The molecule has 0 radical (unpaired) electrons. The van der Waals surface area contributed by atoms with Crippen LogP contribution in [-0.2, 0) is 0 Å². The number of hydrogen-bond acceptors (Lipinski definition) is 6. The number of hydrogen-bond donors (Lipinski definition) is 0. The van der Waals surface area contributed by atoms with Crippen LogP contribution in [-0.4, -0.2) is 29.1 Å². The summed E-state index contributed by atoms with van der Waals surface area (Å²) in [5, 5.41) is 5.92. The first-order chi connectivity index (χ1) is 17.1. The number of aromatic nitrogens is 2. The molecular formula is C27H22BrN3O4. The van der Waals surface area contributed by atoms with Gasteiger partial charge in [0, 0.05) is 17.0 Å². The molecule has 3 aromatic carbocycles. The summed E-state index contributed by atoms with van der Waals surface area (Å²) in [6.07, 6.45) is 1.58. The van der Waals surface area contributed by atoms with E-state index in [0.717, 1.165) is 9.86 Å². The van der Waals surface area contributed by atoms with Crippen LogP contribution in [0.15, 0.2) is 85.5 Å². The van der Waals surface area contributed by atoms with Gasteiger partial charge in [0.25, 0.3) is 5.56 Å². The Morgan fingerprint density at radius 1 is 1.00 bits per heavy atom. The predicted molar refractivity (Wildman–Crippen MR) is 141 cm³/mol. The summed E-state index contributed by atoms with van der Waals surface area (Å²) in [4.78, 5) is 18.2. The molecule has 0 N–H and O–H groups in total. The first kappa shape index (κ1) is 22.9. The van der Waals surface area contributed by atoms with Crippen LogP contribution < -0.4 is 15.0 Å². The van der Waals surface area contributed by atoms with Crippen LogP contribution in [0.3, 0.4) is 0 Å². The highest BCUT2D eigenvalue weighted by molar-refractivity contribution is 9.10. The molecule has 0 unspecified atom stereocenters. The van der Waals surface area contributed by atoms with Crippen molar-refractivity contribution in [3.8, 4) is 23.1 Å². The van der Waals surface area contributed by atoms with Crippen molar-refractivity contribution in [3.05, 3.63) is 87.1 Å². The molecule has 5 aromatic rings. The Hall–Kier alpha value is -3.91. The second-order valence-electron chi connectivity index (χ2n) is 7.65. The quantitative estimate of drug-likeness (QED) is 0.232. The van der Waals surface area contributed by atoms with E-state index in [1.807, 2.05) is 56.3 Å². The van der Waals surface area contributed by atoms with Crippen molar-refractivity contribution in [1.82, 2.24) is 9.66 Å². The number of fused-ring (bicyclic) bond motifs is 2. The number of rotatable bonds is 7. The molecule has 0 atom stereocenters. The van der Waals surface area contributed by atoms with Gasteiger partial charge in [0.2, 0.25) is 5.82 Å². The van der Waals surface area contributed by atoms with Gasteiger partial charge in [0.05, 0.1) is 34.8 Å². The maximum Gasteiger partial charge on any atom is 0.282 e. The second-order valence-corrected chi connectivity index (χ2v) is 8.50. The normalized spacial score (nSPS) is 11.5. The van der Waals surface area contributed by atoms with Gasteiger partial charge < -0.3 is 13.9 Å². The smallest absolute Gasteiger partial charge is 0.282 e. The molecule has 0 aliphatic heterocycles. The van der Waals surface area contributed by atoms with Crippen molar-refractivity contribution in [3.63, 3.8) is 0 Å². The fraction of sp³-hybridized carbons (Fsp3) is 0.148. The van der Waals surface area contributed by atoms with Crippen LogP contribution in [0.1, 0.15) is 19.4 Å². The second kappa shape index (κ2) is 9.76. The topological polar surface area (TPSA) is 78.8 Å². The van der Waals surface area contributed by atoms with E-state index in [0.29, 0.717) is 58.3 Å². The van der Waals surface area contributed by atoms with Crippen LogP contribution >= 0.6 is 15.9 Å². The van der Waals surface area contributed by atoms with Gasteiger partial charge in [0.15, 0.2) is 5.76 Å². The van der Waals surface area contributed by atoms with E-state index in [4.69, 9.17) is 18.9 Å². The summed E-state index contributed by atoms with van der Waals surface area (Å²) in [5.41, 5.74) is 1.65. The largest absolute Gasteiger partial charge is 0.493 e. The van der Waals surface area contributed by atoms with Crippen LogP contribution in [0.4, 0.5) is 0 Å². The Labute approximate surface area is 209 Å². The van der Waals surface area contributed by atoms with Crippen molar-refractivity contribution in [2.75, 3.05) is 13.2 Å². The highest BCUT2D eigenvalue weighted by Crippen LogP contribution is 2.33. The van der Waals surface area contributed by atoms with E-state index in [1.165, 1.54) is 4.68 Å². The van der Waals surface area contributed by atoms with Crippen molar-refractivity contribution in [2.24, 2.45) is 5.10 Å². The molecule has 0 amide bonds. The lowest BCUT2D eigenvalue weighted by Crippen LogP contribution is -2.20. The minimum absolute atomic E-state index is 0.301.